The highest BCUT2D eigenvalue weighted by molar-refractivity contribution is 4.79. The Morgan fingerprint density at radius 2 is 2.30 bits per heavy atom. The third-order valence-electron chi connectivity index (χ3n) is 1.81. The van der Waals surface area contributed by atoms with Crippen molar-refractivity contribution in [1.82, 2.24) is 0 Å². The Hall–Kier alpha value is -0.500. The van der Waals surface area contributed by atoms with Crippen molar-refractivity contribution in [3.8, 4) is 0 Å². The van der Waals surface area contributed by atoms with Crippen molar-refractivity contribution in [2.75, 3.05) is 0 Å². The molecule has 0 aromatic heterocycles. The molecular formula is C8H14O2. The van der Waals surface area contributed by atoms with Crippen LogP contribution in [0.3, 0.4) is 0 Å². The molecule has 1 fully saturated rings. The fourth-order valence-electron chi connectivity index (χ4n) is 1.32. The first-order valence-electron chi connectivity index (χ1n) is 3.66. The van der Waals surface area contributed by atoms with Gasteiger partial charge >= 0.3 is 0 Å². The Balaban J connectivity index is 2.38. The minimum absolute atomic E-state index is 0.215. The van der Waals surface area contributed by atoms with Crippen LogP contribution in [0.2, 0.25) is 0 Å². The van der Waals surface area contributed by atoms with E-state index in [4.69, 9.17) is 9.47 Å². The zero-order chi connectivity index (χ0) is 7.56. The fraction of sp³-hybridized carbons (Fsp3) is 0.750. The second-order valence-corrected chi connectivity index (χ2v) is 2.73. The van der Waals surface area contributed by atoms with Crippen LogP contribution in [0.25, 0.3) is 0 Å². The van der Waals surface area contributed by atoms with Crippen LogP contribution < -0.4 is 0 Å². The van der Waals surface area contributed by atoms with E-state index in [0.29, 0.717) is 6.10 Å². The van der Waals surface area contributed by atoms with Crippen LogP contribution in [-0.4, -0.2) is 18.3 Å². The van der Waals surface area contributed by atoms with E-state index in [1.54, 1.807) is 0 Å². The van der Waals surface area contributed by atoms with Crippen molar-refractivity contribution >= 4 is 0 Å². The van der Waals surface area contributed by atoms with Crippen LogP contribution >= 0.6 is 0 Å². The van der Waals surface area contributed by atoms with Crippen molar-refractivity contribution in [1.29, 1.82) is 0 Å². The summed E-state index contributed by atoms with van der Waals surface area (Å²) in [4.78, 5) is 0. The highest BCUT2D eigenvalue weighted by Crippen LogP contribution is 2.22. The molecule has 2 nitrogen and oxygen atoms in total. The molecule has 0 saturated carbocycles. The lowest BCUT2D eigenvalue weighted by Crippen LogP contribution is -2.18. The Morgan fingerprint density at radius 3 is 2.70 bits per heavy atom. The topological polar surface area (TPSA) is 18.5 Å². The molecule has 0 spiro atoms. The molecule has 0 aromatic carbocycles. The van der Waals surface area contributed by atoms with Gasteiger partial charge in [-0.05, 0) is 13.8 Å². The van der Waals surface area contributed by atoms with Crippen molar-refractivity contribution in [3.63, 3.8) is 0 Å². The van der Waals surface area contributed by atoms with Gasteiger partial charge in [-0.1, -0.05) is 6.58 Å². The molecule has 0 aliphatic carbocycles. The lowest BCUT2D eigenvalue weighted by molar-refractivity contribution is 0.0232. The lowest BCUT2D eigenvalue weighted by Gasteiger charge is -2.11. The molecule has 10 heavy (non-hydrogen) atoms. The van der Waals surface area contributed by atoms with Gasteiger partial charge in [0.2, 0.25) is 0 Å². The van der Waals surface area contributed by atoms with Gasteiger partial charge in [-0.3, -0.25) is 0 Å². The summed E-state index contributed by atoms with van der Waals surface area (Å²) >= 11 is 0. The van der Waals surface area contributed by atoms with Crippen LogP contribution in [0.1, 0.15) is 20.3 Å². The molecule has 3 atom stereocenters. The van der Waals surface area contributed by atoms with E-state index in [9.17, 15) is 0 Å². The standard InChI is InChI=1S/C8H14O2/c1-4-9-8-5-6(2)10-7(8)3/h4,6-8H,1,5H2,2-3H3. The Bertz CT molecular complexity index is 122. The summed E-state index contributed by atoms with van der Waals surface area (Å²) in [6.45, 7) is 7.59. The average molecular weight is 142 g/mol. The Labute approximate surface area is 61.8 Å². The van der Waals surface area contributed by atoms with Crippen LogP contribution in [0.15, 0.2) is 12.8 Å². The number of hydrogen-bond donors (Lipinski definition) is 0. The first-order chi connectivity index (χ1) is 4.74. The minimum Gasteiger partial charge on any atom is -0.496 e. The first-order valence-corrected chi connectivity index (χ1v) is 3.66. The second kappa shape index (κ2) is 3.06. The summed E-state index contributed by atoms with van der Waals surface area (Å²) in [6, 6.07) is 0. The summed E-state index contributed by atoms with van der Waals surface area (Å²) in [7, 11) is 0. The van der Waals surface area contributed by atoms with Gasteiger partial charge in [-0.2, -0.15) is 0 Å². The average Bonchev–Trinajstić information content (AvgIpc) is 2.13. The second-order valence-electron chi connectivity index (χ2n) is 2.73. The van der Waals surface area contributed by atoms with E-state index in [1.165, 1.54) is 6.26 Å². The zero-order valence-corrected chi connectivity index (χ0v) is 6.54. The van der Waals surface area contributed by atoms with Gasteiger partial charge in [-0.15, -0.1) is 0 Å². The molecule has 0 aromatic rings. The van der Waals surface area contributed by atoms with E-state index in [-0.39, 0.29) is 12.2 Å². The normalized spacial score (nSPS) is 39.6. The molecule has 2 heteroatoms. The highest BCUT2D eigenvalue weighted by atomic mass is 16.6. The van der Waals surface area contributed by atoms with Gasteiger partial charge < -0.3 is 9.47 Å². The summed E-state index contributed by atoms with van der Waals surface area (Å²) < 4.78 is 10.7. The number of hydrogen-bond acceptors (Lipinski definition) is 2. The molecule has 1 aliphatic rings. The van der Waals surface area contributed by atoms with E-state index < -0.39 is 0 Å². The highest BCUT2D eigenvalue weighted by Gasteiger charge is 2.29. The van der Waals surface area contributed by atoms with Crippen LogP contribution in [0.5, 0.6) is 0 Å². The van der Waals surface area contributed by atoms with Gasteiger partial charge in [0, 0.05) is 6.42 Å². The van der Waals surface area contributed by atoms with Crippen molar-refractivity contribution in [2.24, 2.45) is 0 Å². The molecule has 3 unspecified atom stereocenters. The Morgan fingerprint density at radius 1 is 1.60 bits per heavy atom. The van der Waals surface area contributed by atoms with E-state index >= 15 is 0 Å². The molecule has 0 N–H and O–H groups in total. The first kappa shape index (κ1) is 7.61. The molecule has 0 amide bonds. The largest absolute Gasteiger partial charge is 0.496 e. The van der Waals surface area contributed by atoms with Crippen molar-refractivity contribution in [3.05, 3.63) is 12.8 Å². The zero-order valence-electron chi connectivity index (χ0n) is 6.54. The molecule has 1 saturated heterocycles. The number of ether oxygens (including phenoxy) is 2. The third kappa shape index (κ3) is 1.51. The van der Waals surface area contributed by atoms with E-state index in [1.807, 2.05) is 6.92 Å². The maximum absolute atomic E-state index is 5.45. The van der Waals surface area contributed by atoms with Crippen LogP contribution in [-0.2, 0) is 9.47 Å². The van der Waals surface area contributed by atoms with Crippen molar-refractivity contribution in [2.45, 2.75) is 38.6 Å². The van der Waals surface area contributed by atoms with Crippen LogP contribution in [0, 0.1) is 0 Å². The quantitative estimate of drug-likeness (QED) is 0.546. The van der Waals surface area contributed by atoms with E-state index in [2.05, 4.69) is 13.5 Å². The summed E-state index contributed by atoms with van der Waals surface area (Å²) in [5, 5.41) is 0. The van der Waals surface area contributed by atoms with E-state index in [0.717, 1.165) is 6.42 Å². The number of rotatable bonds is 2. The molecule has 0 bridgehead atoms. The SMILES string of the molecule is C=COC1CC(C)OC1C. The smallest absolute Gasteiger partial charge is 0.126 e. The van der Waals surface area contributed by atoms with Gasteiger partial charge in [0.1, 0.15) is 6.10 Å². The fourth-order valence-corrected chi connectivity index (χ4v) is 1.32. The monoisotopic (exact) mass is 142 g/mol. The molecule has 1 heterocycles. The lowest BCUT2D eigenvalue weighted by atomic mass is 10.2. The van der Waals surface area contributed by atoms with Gasteiger partial charge in [0.05, 0.1) is 18.5 Å². The maximum atomic E-state index is 5.45. The third-order valence-corrected chi connectivity index (χ3v) is 1.81. The van der Waals surface area contributed by atoms with Gasteiger partial charge in [-0.25, -0.2) is 0 Å². The molecule has 58 valence electrons. The predicted octanol–water partition coefficient (Wildman–Crippen LogP) is 1.71. The summed E-state index contributed by atoms with van der Waals surface area (Å²) in [6.07, 6.45) is 3.23. The van der Waals surface area contributed by atoms with Crippen molar-refractivity contribution < 1.29 is 9.47 Å². The minimum atomic E-state index is 0.215. The summed E-state index contributed by atoms with van der Waals surface area (Å²) in [5.41, 5.74) is 0. The molecule has 1 rings (SSSR count). The van der Waals surface area contributed by atoms with Gasteiger partial charge in [0.15, 0.2) is 0 Å². The maximum Gasteiger partial charge on any atom is 0.126 e. The summed E-state index contributed by atoms with van der Waals surface area (Å²) in [5.74, 6) is 0. The van der Waals surface area contributed by atoms with Crippen LogP contribution in [0.4, 0.5) is 0 Å². The molecule has 0 radical (unpaired) electrons. The van der Waals surface area contributed by atoms with Gasteiger partial charge in [0.25, 0.3) is 0 Å². The predicted molar refractivity (Wildman–Crippen MR) is 39.7 cm³/mol. The molecule has 1 aliphatic heterocycles. The Kier molecular flexibility index (Phi) is 2.33. The molecular weight excluding hydrogens is 128 g/mol.